The fraction of sp³-hybridized carbons (Fsp3) is 0.500. The topological polar surface area (TPSA) is 217 Å². The zero-order valence-corrected chi connectivity index (χ0v) is 21.4. The Kier molecular flexibility index (Phi) is 6.74. The summed E-state index contributed by atoms with van der Waals surface area (Å²) in [5.41, 5.74) is 0.838. The number of hydrogen-bond donors (Lipinski definition) is 7. The highest BCUT2D eigenvalue weighted by molar-refractivity contribution is 7.46. The van der Waals surface area contributed by atoms with Gasteiger partial charge in [0.15, 0.2) is 5.69 Å². The van der Waals surface area contributed by atoms with Crippen LogP contribution in [0.5, 0.6) is 0 Å². The van der Waals surface area contributed by atoms with Crippen molar-refractivity contribution >= 4 is 36.6 Å². The number of amides is 1. The number of benzene rings is 1. The first-order chi connectivity index (χ1) is 17.0. The smallest absolute Gasteiger partial charge is 0.388 e. The van der Waals surface area contributed by atoms with E-state index >= 15 is 0 Å². The van der Waals surface area contributed by atoms with Crippen molar-refractivity contribution < 1.29 is 39.0 Å². The third kappa shape index (κ3) is 4.77. The van der Waals surface area contributed by atoms with Crippen molar-refractivity contribution in [3.63, 3.8) is 0 Å². The molecule has 0 fully saturated rings. The molecular weight excluding hydrogens is 511 g/mol. The number of aryl methyl sites for hydroxylation is 1. The van der Waals surface area contributed by atoms with Gasteiger partial charge in [0.2, 0.25) is 5.91 Å². The monoisotopic (exact) mass is 540 g/mol. The molecule has 202 valence electrons. The summed E-state index contributed by atoms with van der Waals surface area (Å²) in [4.78, 5) is 63.4. The highest BCUT2D eigenvalue weighted by atomic mass is 31.2. The molecule has 0 unspecified atom stereocenters. The normalized spacial score (nSPS) is 18.8. The molecule has 0 saturated heterocycles. The first-order valence-electron chi connectivity index (χ1n) is 11.4. The van der Waals surface area contributed by atoms with Crippen LogP contribution in [0.1, 0.15) is 37.0 Å². The average molecular weight is 540 g/mol. The van der Waals surface area contributed by atoms with E-state index < -0.39 is 56.0 Å². The zero-order valence-electron chi connectivity index (χ0n) is 20.5. The molecule has 2 aliphatic rings. The minimum Gasteiger partial charge on any atom is -0.388 e. The quantitative estimate of drug-likeness (QED) is 0.226. The molecule has 0 spiro atoms. The van der Waals surface area contributed by atoms with E-state index in [1.165, 1.54) is 9.80 Å². The number of phosphoric ester groups is 1. The minimum absolute atomic E-state index is 0.0921. The molecule has 37 heavy (non-hydrogen) atoms. The molecule has 7 N–H and O–H groups in total. The zero-order chi connectivity index (χ0) is 27.6. The van der Waals surface area contributed by atoms with Crippen molar-refractivity contribution in [1.29, 1.82) is 0 Å². The summed E-state index contributed by atoms with van der Waals surface area (Å²) in [6.45, 7) is 6.11. The number of fused-ring (bicyclic) bond motifs is 2. The molecule has 1 aromatic heterocycles. The molecule has 1 amide bonds. The minimum atomic E-state index is -4.94. The molecule has 3 heterocycles. The number of phosphoric acid groups is 1. The summed E-state index contributed by atoms with van der Waals surface area (Å²) in [6, 6.07) is 1.73. The van der Waals surface area contributed by atoms with Gasteiger partial charge in [-0.15, -0.1) is 0 Å². The van der Waals surface area contributed by atoms with E-state index in [4.69, 9.17) is 9.79 Å². The van der Waals surface area contributed by atoms with Gasteiger partial charge >= 0.3 is 13.5 Å². The van der Waals surface area contributed by atoms with Crippen LogP contribution in [0.4, 0.5) is 22.9 Å². The van der Waals surface area contributed by atoms with Gasteiger partial charge in [0.05, 0.1) is 24.5 Å². The fourth-order valence-electron chi connectivity index (χ4n) is 5.06. The number of aliphatic hydroxyl groups is 3. The summed E-state index contributed by atoms with van der Waals surface area (Å²) in [6.07, 6.45) is -5.46. The second-order valence-corrected chi connectivity index (χ2v) is 11.2. The van der Waals surface area contributed by atoms with Crippen LogP contribution in [0.3, 0.4) is 0 Å². The first kappa shape index (κ1) is 27.2. The number of aromatic nitrogens is 2. The van der Waals surface area contributed by atoms with Gasteiger partial charge in [-0.2, -0.15) is 0 Å². The molecule has 15 heteroatoms. The van der Waals surface area contributed by atoms with Crippen molar-refractivity contribution in [3.05, 3.63) is 43.6 Å². The van der Waals surface area contributed by atoms with Crippen LogP contribution in [-0.2, 0) is 19.3 Å². The van der Waals surface area contributed by atoms with Crippen LogP contribution in [0.25, 0.3) is 0 Å². The van der Waals surface area contributed by atoms with Crippen molar-refractivity contribution in [2.75, 3.05) is 23.0 Å². The van der Waals surface area contributed by atoms with Gasteiger partial charge in [-0.1, -0.05) is 13.8 Å². The molecule has 2 aromatic rings. The average Bonchev–Trinajstić information content (AvgIpc) is 2.76. The maximum absolute atomic E-state index is 13.3. The van der Waals surface area contributed by atoms with Gasteiger partial charge in [-0.3, -0.25) is 29.0 Å². The maximum Gasteiger partial charge on any atom is 0.469 e. The van der Waals surface area contributed by atoms with Crippen molar-refractivity contribution in [1.82, 2.24) is 9.97 Å². The van der Waals surface area contributed by atoms with Gasteiger partial charge in [-0.05, 0) is 36.6 Å². The van der Waals surface area contributed by atoms with Gasteiger partial charge in [0.1, 0.15) is 24.1 Å². The van der Waals surface area contributed by atoms with Crippen molar-refractivity contribution in [2.45, 2.75) is 57.8 Å². The summed E-state index contributed by atoms with van der Waals surface area (Å²) >= 11 is 0. The predicted octanol–water partition coefficient (Wildman–Crippen LogP) is -0.330. The Bertz CT molecular complexity index is 1430. The van der Waals surface area contributed by atoms with Crippen LogP contribution in [0.15, 0.2) is 15.7 Å². The number of aromatic amines is 2. The Hall–Kier alpha value is -2.84. The Balaban J connectivity index is 1.86. The molecule has 1 aromatic carbocycles. The number of hydrogen-bond acceptors (Lipinski definition) is 9. The van der Waals surface area contributed by atoms with E-state index in [0.717, 1.165) is 16.7 Å². The van der Waals surface area contributed by atoms with Gasteiger partial charge < -0.3 is 30.0 Å². The number of nitrogens with zero attached hydrogens (tertiary/aromatic N) is 2. The predicted molar refractivity (Wildman–Crippen MR) is 131 cm³/mol. The second kappa shape index (κ2) is 9.17. The lowest BCUT2D eigenvalue weighted by molar-refractivity contribution is -0.119. The number of nitrogens with one attached hydrogen (secondary N) is 2. The number of rotatable bonds is 7. The number of carbonyl (C=O) groups excluding carboxylic acids is 1. The Morgan fingerprint density at radius 1 is 1.08 bits per heavy atom. The number of carbonyl (C=O) groups is 1. The third-order valence-electron chi connectivity index (χ3n) is 6.80. The van der Waals surface area contributed by atoms with E-state index in [1.807, 2.05) is 27.7 Å². The van der Waals surface area contributed by atoms with E-state index in [9.17, 15) is 34.3 Å². The number of aliphatic hydroxyl groups excluding tert-OH is 3. The molecule has 0 bridgehead atoms. The second-order valence-electron chi connectivity index (χ2n) is 9.98. The molecular formula is C22H29N4O10P. The summed E-state index contributed by atoms with van der Waals surface area (Å²) in [5, 5.41) is 31.3. The lowest BCUT2D eigenvalue weighted by Crippen LogP contribution is -2.50. The Morgan fingerprint density at radius 2 is 1.73 bits per heavy atom. The summed E-state index contributed by atoms with van der Waals surface area (Å²) < 4.78 is 15.1. The highest BCUT2D eigenvalue weighted by Crippen LogP contribution is 2.55. The summed E-state index contributed by atoms with van der Waals surface area (Å²) in [5.74, 6) is -0.471. The number of H-pyrrole nitrogens is 2. The van der Waals surface area contributed by atoms with Crippen LogP contribution >= 0.6 is 7.82 Å². The van der Waals surface area contributed by atoms with Gasteiger partial charge in [0.25, 0.3) is 5.56 Å². The lowest BCUT2D eigenvalue weighted by atomic mass is 9.73. The summed E-state index contributed by atoms with van der Waals surface area (Å²) in [7, 11) is -4.94. The molecule has 2 aliphatic heterocycles. The van der Waals surface area contributed by atoms with Crippen LogP contribution < -0.4 is 21.0 Å². The van der Waals surface area contributed by atoms with E-state index in [0.29, 0.717) is 11.4 Å². The number of β-amino-alcohol motifs (C(OH)–C–C–N with tert-alkyl or cyclic N) is 1. The SMILES string of the molecule is Cc1cc2c3c(c1C)C(C)(C)CC(=O)N3c1c([nH]c(=O)[nH]c1=O)N2C[C@H](O)[C@H](O)[C@H](O)COP(=O)(O)O. The highest BCUT2D eigenvalue weighted by Gasteiger charge is 2.46. The molecule has 0 saturated carbocycles. The van der Waals surface area contributed by atoms with E-state index in [-0.39, 0.29) is 23.8 Å². The lowest BCUT2D eigenvalue weighted by Gasteiger charge is -2.46. The Labute approximate surface area is 210 Å². The first-order valence-corrected chi connectivity index (χ1v) is 12.9. The van der Waals surface area contributed by atoms with Crippen LogP contribution in [0.2, 0.25) is 0 Å². The largest absolute Gasteiger partial charge is 0.469 e. The molecule has 0 aliphatic carbocycles. The van der Waals surface area contributed by atoms with E-state index in [1.54, 1.807) is 6.07 Å². The fourth-order valence-corrected chi connectivity index (χ4v) is 5.40. The van der Waals surface area contributed by atoms with Crippen LogP contribution in [0, 0.1) is 13.8 Å². The molecule has 0 radical (unpaired) electrons. The third-order valence-corrected chi connectivity index (χ3v) is 7.28. The molecule has 14 nitrogen and oxygen atoms in total. The molecule has 3 atom stereocenters. The van der Waals surface area contributed by atoms with Gasteiger partial charge in [0, 0.05) is 11.8 Å². The van der Waals surface area contributed by atoms with E-state index in [2.05, 4.69) is 14.5 Å². The number of anilines is 4. The van der Waals surface area contributed by atoms with Gasteiger partial charge in [-0.25, -0.2) is 9.36 Å². The van der Waals surface area contributed by atoms with Crippen LogP contribution in [-0.4, -0.2) is 72.4 Å². The van der Waals surface area contributed by atoms with Crippen molar-refractivity contribution in [3.8, 4) is 0 Å². The Morgan fingerprint density at radius 3 is 2.35 bits per heavy atom. The maximum atomic E-state index is 13.3. The standard InChI is InChI=1S/C22H29N4O10P/c1-9-5-11-16-15(10(9)2)22(3,4)6-14(29)26(16)17-19(23-21(32)24-20(17)31)25(11)7-12(27)18(30)13(28)8-36-37(33,34)35/h5,12-13,18,27-28,30H,6-8H2,1-4H3,(H2,33,34,35)(H2,23,24,31,32)/t12-,13+,18-/m0/s1. The molecule has 4 rings (SSSR count). The van der Waals surface area contributed by atoms with Crippen molar-refractivity contribution in [2.24, 2.45) is 0 Å².